The summed E-state index contributed by atoms with van der Waals surface area (Å²) in [6.07, 6.45) is 4.79. The molecule has 1 aliphatic heterocycles. The highest BCUT2D eigenvalue weighted by atomic mass is 16.5. The zero-order valence-electron chi connectivity index (χ0n) is 22.3. The van der Waals surface area contributed by atoms with Crippen molar-refractivity contribution in [3.05, 3.63) is 125 Å². The molecule has 1 atom stereocenters. The molecule has 0 spiro atoms. The van der Waals surface area contributed by atoms with Crippen molar-refractivity contribution >= 4 is 11.6 Å². The van der Waals surface area contributed by atoms with Gasteiger partial charge in [-0.2, -0.15) is 10.2 Å². The number of hydrazone groups is 1. The summed E-state index contributed by atoms with van der Waals surface area (Å²) < 4.78 is 8.04. The highest BCUT2D eigenvalue weighted by Crippen LogP contribution is 2.35. The summed E-state index contributed by atoms with van der Waals surface area (Å²) in [7, 11) is 0. The number of carbonyl (C=O) groups is 1. The molecule has 1 aromatic heterocycles. The molecule has 0 saturated carbocycles. The van der Waals surface area contributed by atoms with Crippen molar-refractivity contribution in [1.82, 2.24) is 14.8 Å². The molecule has 1 unspecified atom stereocenters. The van der Waals surface area contributed by atoms with Gasteiger partial charge in [-0.05, 0) is 37.0 Å². The Morgan fingerprint density at radius 3 is 2.26 bits per heavy atom. The fraction of sp³-hybridized carbons (Fsp3) is 0.281. The Morgan fingerprint density at radius 1 is 0.947 bits per heavy atom. The van der Waals surface area contributed by atoms with Crippen LogP contribution in [0.25, 0.3) is 0 Å². The predicted octanol–water partition coefficient (Wildman–Crippen LogP) is 6.16. The average molecular weight is 507 g/mol. The third kappa shape index (κ3) is 5.60. The Hall–Kier alpha value is -4.03. The molecule has 4 aromatic rings. The van der Waals surface area contributed by atoms with Crippen LogP contribution in [0.15, 0.2) is 96.4 Å². The zero-order valence-corrected chi connectivity index (χ0v) is 22.3. The SMILES string of the molecule is CCC1(COCc2ccccc2)CC(c2cc(C)cc(C)c2)=NN1C(=O)c1cnn(Cc2ccccc2)c1. The molecule has 38 heavy (non-hydrogen) atoms. The molecular formula is C32H34N4O2. The summed E-state index contributed by atoms with van der Waals surface area (Å²) in [6, 6.07) is 26.6. The molecule has 0 bridgehead atoms. The summed E-state index contributed by atoms with van der Waals surface area (Å²) in [5.41, 5.74) is 6.49. The van der Waals surface area contributed by atoms with Crippen LogP contribution < -0.4 is 0 Å². The first-order valence-electron chi connectivity index (χ1n) is 13.1. The number of ether oxygens (including phenoxy) is 1. The van der Waals surface area contributed by atoms with Crippen molar-refractivity contribution in [1.29, 1.82) is 0 Å². The lowest BCUT2D eigenvalue weighted by molar-refractivity contribution is 0.000357. The van der Waals surface area contributed by atoms with Crippen LogP contribution in [0.5, 0.6) is 0 Å². The van der Waals surface area contributed by atoms with Crippen molar-refractivity contribution in [2.45, 2.75) is 52.3 Å². The standard InChI is InChI=1S/C32H34N4O2/c1-4-32(23-38-22-27-13-9-6-10-14-27)18-30(28-16-24(2)15-25(3)17-28)34-36(32)31(37)29-19-33-35(21-29)20-26-11-7-5-8-12-26/h5-17,19,21H,4,18,20,22-23H2,1-3H3. The Labute approximate surface area is 224 Å². The van der Waals surface area contributed by atoms with E-state index in [4.69, 9.17) is 9.84 Å². The molecule has 1 aliphatic rings. The van der Waals surface area contributed by atoms with E-state index in [-0.39, 0.29) is 5.91 Å². The van der Waals surface area contributed by atoms with E-state index < -0.39 is 5.54 Å². The number of carbonyl (C=O) groups excluding carboxylic acids is 1. The predicted molar refractivity (Wildman–Crippen MR) is 150 cm³/mol. The Bertz CT molecular complexity index is 1410. The number of aryl methyl sites for hydroxylation is 2. The molecule has 6 heteroatoms. The molecule has 0 fully saturated rings. The second kappa shape index (κ2) is 11.2. The molecule has 194 valence electrons. The maximum absolute atomic E-state index is 13.9. The van der Waals surface area contributed by atoms with Crippen molar-refractivity contribution in [3.8, 4) is 0 Å². The van der Waals surface area contributed by atoms with E-state index in [2.05, 4.69) is 68.3 Å². The van der Waals surface area contributed by atoms with Gasteiger partial charge >= 0.3 is 0 Å². The minimum absolute atomic E-state index is 0.158. The van der Waals surface area contributed by atoms with Crippen LogP contribution in [-0.4, -0.2) is 38.6 Å². The summed E-state index contributed by atoms with van der Waals surface area (Å²) in [6.45, 7) is 7.76. The number of benzene rings is 3. The van der Waals surface area contributed by atoms with Gasteiger partial charge < -0.3 is 4.74 Å². The highest BCUT2D eigenvalue weighted by Gasteiger charge is 2.45. The van der Waals surface area contributed by atoms with Gasteiger partial charge in [-0.1, -0.05) is 96.9 Å². The highest BCUT2D eigenvalue weighted by molar-refractivity contribution is 6.05. The van der Waals surface area contributed by atoms with Gasteiger partial charge in [-0.3, -0.25) is 9.48 Å². The maximum atomic E-state index is 13.9. The summed E-state index contributed by atoms with van der Waals surface area (Å²) >= 11 is 0. The van der Waals surface area contributed by atoms with Gasteiger partial charge in [-0.25, -0.2) is 5.01 Å². The second-order valence-electron chi connectivity index (χ2n) is 10.2. The quantitative estimate of drug-likeness (QED) is 0.273. The number of rotatable bonds is 9. The smallest absolute Gasteiger partial charge is 0.277 e. The van der Waals surface area contributed by atoms with Crippen LogP contribution in [-0.2, 0) is 17.9 Å². The van der Waals surface area contributed by atoms with E-state index in [0.717, 1.165) is 22.4 Å². The Balaban J connectivity index is 1.43. The third-order valence-corrected chi connectivity index (χ3v) is 7.12. The lowest BCUT2D eigenvalue weighted by Crippen LogP contribution is -2.49. The van der Waals surface area contributed by atoms with Crippen molar-refractivity contribution < 1.29 is 9.53 Å². The second-order valence-corrected chi connectivity index (χ2v) is 10.2. The van der Waals surface area contributed by atoms with Crippen molar-refractivity contribution in [3.63, 3.8) is 0 Å². The third-order valence-electron chi connectivity index (χ3n) is 7.12. The number of hydrogen-bond donors (Lipinski definition) is 0. The minimum Gasteiger partial charge on any atom is -0.374 e. The van der Waals surface area contributed by atoms with Crippen LogP contribution in [0.4, 0.5) is 0 Å². The van der Waals surface area contributed by atoms with Gasteiger partial charge in [0, 0.05) is 12.6 Å². The van der Waals surface area contributed by atoms with E-state index in [1.165, 1.54) is 11.1 Å². The van der Waals surface area contributed by atoms with Crippen LogP contribution in [0, 0.1) is 13.8 Å². The molecule has 0 radical (unpaired) electrons. The zero-order chi connectivity index (χ0) is 26.5. The van der Waals surface area contributed by atoms with E-state index in [0.29, 0.717) is 38.2 Å². The largest absolute Gasteiger partial charge is 0.374 e. The van der Waals surface area contributed by atoms with Crippen molar-refractivity contribution in [2.75, 3.05) is 6.61 Å². The van der Waals surface area contributed by atoms with Crippen molar-refractivity contribution in [2.24, 2.45) is 5.10 Å². The number of hydrogen-bond acceptors (Lipinski definition) is 4. The van der Waals surface area contributed by atoms with E-state index in [1.54, 1.807) is 15.9 Å². The minimum atomic E-state index is -0.583. The van der Waals surface area contributed by atoms with Gasteiger partial charge in [0.05, 0.1) is 42.8 Å². The number of amides is 1. The van der Waals surface area contributed by atoms with Gasteiger partial charge in [-0.15, -0.1) is 0 Å². The Morgan fingerprint density at radius 2 is 1.61 bits per heavy atom. The fourth-order valence-corrected chi connectivity index (χ4v) is 5.09. The molecular weight excluding hydrogens is 472 g/mol. The van der Waals surface area contributed by atoms with Gasteiger partial charge in [0.15, 0.2) is 0 Å². The van der Waals surface area contributed by atoms with Crippen LogP contribution in [0.1, 0.15) is 57.9 Å². The van der Waals surface area contributed by atoms with Crippen LogP contribution >= 0.6 is 0 Å². The molecule has 2 heterocycles. The normalized spacial score (nSPS) is 17.0. The number of nitrogens with zero attached hydrogens (tertiary/aromatic N) is 4. The molecule has 0 aliphatic carbocycles. The first kappa shape index (κ1) is 25.6. The van der Waals surface area contributed by atoms with Crippen LogP contribution in [0.3, 0.4) is 0 Å². The van der Waals surface area contributed by atoms with Crippen LogP contribution in [0.2, 0.25) is 0 Å². The summed E-state index contributed by atoms with van der Waals surface area (Å²) in [5, 5.41) is 11.1. The molecule has 0 saturated heterocycles. The lowest BCUT2D eigenvalue weighted by atomic mass is 9.88. The molecule has 6 nitrogen and oxygen atoms in total. The number of aromatic nitrogens is 2. The topological polar surface area (TPSA) is 59.7 Å². The maximum Gasteiger partial charge on any atom is 0.277 e. The summed E-state index contributed by atoms with van der Waals surface area (Å²) in [4.78, 5) is 13.9. The van der Waals surface area contributed by atoms with Gasteiger partial charge in [0.25, 0.3) is 5.91 Å². The van der Waals surface area contributed by atoms with E-state index in [1.807, 2.05) is 42.6 Å². The summed E-state index contributed by atoms with van der Waals surface area (Å²) in [5.74, 6) is -0.158. The van der Waals surface area contributed by atoms with Gasteiger partial charge in [0.1, 0.15) is 0 Å². The first-order chi connectivity index (χ1) is 18.5. The van der Waals surface area contributed by atoms with E-state index >= 15 is 0 Å². The molecule has 1 amide bonds. The monoisotopic (exact) mass is 506 g/mol. The molecule has 3 aromatic carbocycles. The van der Waals surface area contributed by atoms with Gasteiger partial charge in [0.2, 0.25) is 0 Å². The fourth-order valence-electron chi connectivity index (χ4n) is 5.09. The first-order valence-corrected chi connectivity index (χ1v) is 13.1. The molecule has 0 N–H and O–H groups in total. The molecule has 5 rings (SSSR count). The average Bonchev–Trinajstić information content (AvgIpc) is 3.55. The van der Waals surface area contributed by atoms with E-state index in [9.17, 15) is 4.79 Å². The Kier molecular flexibility index (Phi) is 7.52. The lowest BCUT2D eigenvalue weighted by Gasteiger charge is -2.35.